The van der Waals surface area contributed by atoms with Gasteiger partial charge >= 0.3 is 5.97 Å². The predicted octanol–water partition coefficient (Wildman–Crippen LogP) is -0.450. The Kier molecular flexibility index (Phi) is 5.50. The Morgan fingerprint density at radius 3 is 2.35 bits per heavy atom. The molecule has 0 aliphatic carbocycles. The number of carbonyl (C=O) groups excluding carboxylic acids is 2. The first-order chi connectivity index (χ1) is 9.25. The van der Waals surface area contributed by atoms with Gasteiger partial charge in [0.1, 0.15) is 12.1 Å². The molecule has 0 aromatic carbocycles. The molecule has 1 aliphatic heterocycles. The number of nitrogens with two attached hydrogens (primary N) is 1. The molecule has 0 saturated carbocycles. The molecule has 0 radical (unpaired) electrons. The van der Waals surface area contributed by atoms with Crippen LogP contribution in [0.1, 0.15) is 33.6 Å². The van der Waals surface area contributed by atoms with Crippen LogP contribution in [-0.2, 0) is 14.4 Å². The summed E-state index contributed by atoms with van der Waals surface area (Å²) < 4.78 is 0. The highest BCUT2D eigenvalue weighted by Crippen LogP contribution is 2.18. The number of amides is 2. The van der Waals surface area contributed by atoms with Crippen molar-refractivity contribution in [3.8, 4) is 0 Å². The van der Waals surface area contributed by atoms with Gasteiger partial charge in [0.05, 0.1) is 6.04 Å². The average Bonchev–Trinajstić information content (AvgIpc) is 2.82. The van der Waals surface area contributed by atoms with Crippen molar-refractivity contribution in [2.45, 2.75) is 51.7 Å². The van der Waals surface area contributed by atoms with E-state index in [1.54, 1.807) is 20.8 Å². The largest absolute Gasteiger partial charge is 0.480 e. The minimum absolute atomic E-state index is 0.226. The van der Waals surface area contributed by atoms with Gasteiger partial charge in [0.15, 0.2) is 0 Å². The van der Waals surface area contributed by atoms with Gasteiger partial charge in [-0.15, -0.1) is 0 Å². The molecule has 0 aromatic rings. The number of likely N-dealkylation sites (tertiary alicyclic amines) is 1. The maximum atomic E-state index is 12.2. The first-order valence-electron chi connectivity index (χ1n) is 6.85. The lowest BCUT2D eigenvalue weighted by Gasteiger charge is -2.27. The van der Waals surface area contributed by atoms with Gasteiger partial charge < -0.3 is 21.1 Å². The number of nitrogens with zero attached hydrogens (tertiary/aromatic N) is 1. The molecule has 20 heavy (non-hydrogen) atoms. The molecule has 3 atom stereocenters. The number of carbonyl (C=O) groups is 3. The Bertz CT molecular complexity index is 395. The SMILES string of the molecule is CC(N)C(=O)N1CCCC1C(=O)NC(C(=O)O)C(C)C. The number of nitrogens with one attached hydrogen (secondary N) is 1. The summed E-state index contributed by atoms with van der Waals surface area (Å²) in [5, 5.41) is 11.6. The molecule has 3 unspecified atom stereocenters. The Hall–Kier alpha value is -1.63. The van der Waals surface area contributed by atoms with Gasteiger partial charge in [-0.05, 0) is 25.7 Å². The highest BCUT2D eigenvalue weighted by molar-refractivity contribution is 5.92. The number of rotatable bonds is 5. The summed E-state index contributed by atoms with van der Waals surface area (Å²) in [5.41, 5.74) is 5.56. The molecule has 7 heteroatoms. The second-order valence-electron chi connectivity index (χ2n) is 5.55. The number of aliphatic carboxylic acids is 1. The highest BCUT2D eigenvalue weighted by atomic mass is 16.4. The third-order valence-electron chi connectivity index (χ3n) is 3.46. The van der Waals surface area contributed by atoms with Crippen molar-refractivity contribution < 1.29 is 19.5 Å². The molecular formula is C13H23N3O4. The third kappa shape index (κ3) is 3.69. The fraction of sp³-hybridized carbons (Fsp3) is 0.769. The second kappa shape index (κ2) is 6.69. The molecule has 1 saturated heterocycles. The maximum absolute atomic E-state index is 12.2. The molecule has 7 nitrogen and oxygen atoms in total. The standard InChI is InChI=1S/C13H23N3O4/c1-7(2)10(13(19)20)15-11(17)9-5-4-6-16(9)12(18)8(3)14/h7-10H,4-6,14H2,1-3H3,(H,15,17)(H,19,20). The Morgan fingerprint density at radius 2 is 1.90 bits per heavy atom. The molecule has 0 spiro atoms. The minimum Gasteiger partial charge on any atom is -0.480 e. The van der Waals surface area contributed by atoms with Crippen LogP contribution in [0.15, 0.2) is 0 Å². The van der Waals surface area contributed by atoms with Crippen LogP contribution in [0.25, 0.3) is 0 Å². The van der Waals surface area contributed by atoms with Gasteiger partial charge in [-0.2, -0.15) is 0 Å². The topological polar surface area (TPSA) is 113 Å². The highest BCUT2D eigenvalue weighted by Gasteiger charge is 2.37. The smallest absolute Gasteiger partial charge is 0.326 e. The van der Waals surface area contributed by atoms with E-state index in [4.69, 9.17) is 10.8 Å². The zero-order valence-electron chi connectivity index (χ0n) is 12.1. The molecule has 1 rings (SSSR count). The van der Waals surface area contributed by atoms with Gasteiger partial charge in [0, 0.05) is 6.54 Å². The van der Waals surface area contributed by atoms with Gasteiger partial charge in [-0.3, -0.25) is 9.59 Å². The average molecular weight is 285 g/mol. The molecule has 4 N–H and O–H groups in total. The van der Waals surface area contributed by atoms with Gasteiger partial charge in [-0.25, -0.2) is 4.79 Å². The van der Waals surface area contributed by atoms with Crippen molar-refractivity contribution in [2.75, 3.05) is 6.54 Å². The summed E-state index contributed by atoms with van der Waals surface area (Å²) in [6.45, 7) is 5.50. The van der Waals surface area contributed by atoms with E-state index in [-0.39, 0.29) is 11.8 Å². The van der Waals surface area contributed by atoms with E-state index < -0.39 is 30.0 Å². The lowest BCUT2D eigenvalue weighted by atomic mass is 10.0. The quantitative estimate of drug-likeness (QED) is 0.633. The monoisotopic (exact) mass is 285 g/mol. The first kappa shape index (κ1) is 16.4. The Morgan fingerprint density at radius 1 is 1.30 bits per heavy atom. The van der Waals surface area contributed by atoms with Crippen molar-refractivity contribution in [2.24, 2.45) is 11.7 Å². The number of carboxylic acids is 1. The van der Waals surface area contributed by atoms with E-state index in [0.717, 1.165) is 6.42 Å². The van der Waals surface area contributed by atoms with Crippen LogP contribution in [0.3, 0.4) is 0 Å². The molecular weight excluding hydrogens is 262 g/mol. The minimum atomic E-state index is -1.07. The van der Waals surface area contributed by atoms with Crippen molar-refractivity contribution in [1.82, 2.24) is 10.2 Å². The van der Waals surface area contributed by atoms with E-state index in [2.05, 4.69) is 5.32 Å². The molecule has 2 amide bonds. The van der Waals surface area contributed by atoms with Crippen LogP contribution in [0.2, 0.25) is 0 Å². The van der Waals surface area contributed by atoms with Crippen molar-refractivity contribution in [1.29, 1.82) is 0 Å². The van der Waals surface area contributed by atoms with Crippen molar-refractivity contribution in [3.05, 3.63) is 0 Å². The van der Waals surface area contributed by atoms with Crippen LogP contribution < -0.4 is 11.1 Å². The van der Waals surface area contributed by atoms with E-state index in [0.29, 0.717) is 13.0 Å². The van der Waals surface area contributed by atoms with Crippen LogP contribution >= 0.6 is 0 Å². The Balaban J connectivity index is 2.75. The summed E-state index contributed by atoms with van der Waals surface area (Å²) in [6.07, 6.45) is 1.25. The van der Waals surface area contributed by atoms with Crippen LogP contribution in [0.4, 0.5) is 0 Å². The number of hydrogen-bond acceptors (Lipinski definition) is 4. The van der Waals surface area contributed by atoms with E-state index >= 15 is 0 Å². The number of hydrogen-bond donors (Lipinski definition) is 3. The first-order valence-corrected chi connectivity index (χ1v) is 6.85. The third-order valence-corrected chi connectivity index (χ3v) is 3.46. The zero-order valence-corrected chi connectivity index (χ0v) is 12.1. The fourth-order valence-electron chi connectivity index (χ4n) is 2.33. The lowest BCUT2D eigenvalue weighted by molar-refractivity contribution is -0.145. The van der Waals surface area contributed by atoms with Gasteiger partial charge in [-0.1, -0.05) is 13.8 Å². The van der Waals surface area contributed by atoms with Gasteiger partial charge in [0.2, 0.25) is 11.8 Å². The van der Waals surface area contributed by atoms with E-state index in [1.165, 1.54) is 4.90 Å². The second-order valence-corrected chi connectivity index (χ2v) is 5.55. The summed E-state index contributed by atoms with van der Waals surface area (Å²) >= 11 is 0. The van der Waals surface area contributed by atoms with Crippen LogP contribution in [-0.4, -0.2) is 52.5 Å². The van der Waals surface area contributed by atoms with Gasteiger partial charge in [0.25, 0.3) is 0 Å². The molecule has 114 valence electrons. The molecule has 0 bridgehead atoms. The maximum Gasteiger partial charge on any atom is 0.326 e. The van der Waals surface area contributed by atoms with Crippen molar-refractivity contribution in [3.63, 3.8) is 0 Å². The van der Waals surface area contributed by atoms with Crippen LogP contribution in [0, 0.1) is 5.92 Å². The number of carboxylic acid groups (broad SMARTS) is 1. The predicted molar refractivity (Wildman–Crippen MR) is 72.8 cm³/mol. The van der Waals surface area contributed by atoms with E-state index in [9.17, 15) is 14.4 Å². The summed E-state index contributed by atoms with van der Waals surface area (Å²) in [4.78, 5) is 36.7. The molecule has 1 heterocycles. The molecule has 1 aliphatic rings. The van der Waals surface area contributed by atoms with Crippen LogP contribution in [0.5, 0.6) is 0 Å². The van der Waals surface area contributed by atoms with E-state index in [1.807, 2.05) is 0 Å². The molecule has 0 aromatic heterocycles. The lowest BCUT2D eigenvalue weighted by Crippen LogP contribution is -2.54. The summed E-state index contributed by atoms with van der Waals surface area (Å²) in [6, 6.07) is -2.23. The van der Waals surface area contributed by atoms with Crippen molar-refractivity contribution >= 4 is 17.8 Å². The molecule has 1 fully saturated rings. The summed E-state index contributed by atoms with van der Waals surface area (Å²) in [5.74, 6) is -2.00. The normalized spacial score (nSPS) is 21.6. The Labute approximate surface area is 118 Å². The summed E-state index contributed by atoms with van der Waals surface area (Å²) in [7, 11) is 0. The fourth-order valence-corrected chi connectivity index (χ4v) is 2.33. The zero-order chi connectivity index (χ0) is 15.4.